The Bertz CT molecular complexity index is 1430. The highest BCUT2D eigenvalue weighted by Crippen LogP contribution is 2.40. The van der Waals surface area contributed by atoms with E-state index in [1.165, 1.54) is 18.1 Å². The number of alkyl halides is 1. The Morgan fingerprint density at radius 3 is 2.60 bits per heavy atom. The molecular formula is C30H36FN5O7. The van der Waals surface area contributed by atoms with Crippen LogP contribution in [0.15, 0.2) is 36.7 Å². The molecule has 1 aromatic carbocycles. The van der Waals surface area contributed by atoms with Crippen molar-refractivity contribution in [3.8, 4) is 17.0 Å². The van der Waals surface area contributed by atoms with Gasteiger partial charge in [-0.1, -0.05) is 6.07 Å². The summed E-state index contributed by atoms with van der Waals surface area (Å²) in [6.45, 7) is 5.22. The lowest BCUT2D eigenvalue weighted by molar-refractivity contribution is -0.123. The van der Waals surface area contributed by atoms with E-state index in [4.69, 9.17) is 14.2 Å². The van der Waals surface area contributed by atoms with Crippen molar-refractivity contribution in [2.45, 2.75) is 69.9 Å². The molecule has 43 heavy (non-hydrogen) atoms. The molecule has 1 aromatic heterocycles. The summed E-state index contributed by atoms with van der Waals surface area (Å²) in [6, 6.07) is 3.94. The highest BCUT2D eigenvalue weighted by atomic mass is 19.1. The molecule has 0 radical (unpaired) electrons. The number of carbonyl (C=O) groups is 3. The molecule has 4 heterocycles. The zero-order valence-electron chi connectivity index (χ0n) is 24.8. The van der Waals surface area contributed by atoms with Gasteiger partial charge in [0.15, 0.2) is 6.79 Å². The molecule has 2 fully saturated rings. The SMILES string of the molecule is COCOc1cc(C2=CC(=O)N(C(=O)OC(C)(C)C)C2)ccc1-c1cnc(N(C)[C@@H]2C[C@H]3CC[C@@H]([C@@H]2F)N3C(=O)O)cn1. The zero-order chi connectivity index (χ0) is 31.1. The Labute approximate surface area is 249 Å². The standard InChI is InChI=1S/C30H36FN5O7/c1-30(2,3)43-29(40)35-15-18(11-26(35)37)17-6-8-20(24(10-17)42-16-41-5)21-13-33-25(14-32-21)34(4)23-12-19-7-9-22(27(23)31)36(19)28(38)39/h6,8,10-11,13-14,19,22-23,27H,7,9,12,15-16H2,1-5H3,(H,38,39)/t19-,22+,23-,27+/m1/s1. The number of fused-ring (bicyclic) bond motifs is 2. The molecule has 4 atom stereocenters. The fraction of sp³-hybridized carbons (Fsp3) is 0.500. The lowest BCUT2D eigenvalue weighted by Gasteiger charge is -2.43. The van der Waals surface area contributed by atoms with Gasteiger partial charge in [-0.15, -0.1) is 0 Å². The number of amides is 3. The summed E-state index contributed by atoms with van der Waals surface area (Å²) in [5.41, 5.74) is 1.68. The molecule has 0 unspecified atom stereocenters. The van der Waals surface area contributed by atoms with E-state index < -0.39 is 42.0 Å². The van der Waals surface area contributed by atoms with E-state index in [2.05, 4.69) is 9.97 Å². The maximum absolute atomic E-state index is 15.5. The summed E-state index contributed by atoms with van der Waals surface area (Å²) in [7, 11) is 3.24. The fourth-order valence-corrected chi connectivity index (χ4v) is 5.95. The third-order valence-electron chi connectivity index (χ3n) is 7.98. The van der Waals surface area contributed by atoms with Crippen LogP contribution in [0, 0.1) is 0 Å². The molecular weight excluding hydrogens is 561 g/mol. The van der Waals surface area contributed by atoms with Crippen LogP contribution >= 0.6 is 0 Å². The Hall–Kier alpha value is -4.26. The van der Waals surface area contributed by atoms with Crippen LogP contribution in [0.2, 0.25) is 0 Å². The Morgan fingerprint density at radius 2 is 1.95 bits per heavy atom. The van der Waals surface area contributed by atoms with Crippen LogP contribution in [0.1, 0.15) is 45.6 Å². The maximum atomic E-state index is 15.5. The first-order chi connectivity index (χ1) is 20.4. The number of benzene rings is 1. The average Bonchev–Trinajstić information content (AvgIpc) is 3.52. The monoisotopic (exact) mass is 597 g/mol. The topological polar surface area (TPSA) is 135 Å². The number of piperidine rings is 1. The molecule has 13 heteroatoms. The van der Waals surface area contributed by atoms with Gasteiger partial charge in [0.05, 0.1) is 36.7 Å². The second-order valence-corrected chi connectivity index (χ2v) is 11.9. The Balaban J connectivity index is 1.34. The number of nitrogens with zero attached hydrogens (tertiary/aromatic N) is 5. The van der Waals surface area contributed by atoms with Crippen LogP contribution in [0.25, 0.3) is 16.8 Å². The summed E-state index contributed by atoms with van der Waals surface area (Å²) >= 11 is 0. The van der Waals surface area contributed by atoms with Gasteiger partial charge in [-0.05, 0) is 63.3 Å². The van der Waals surface area contributed by atoms with Crippen LogP contribution in [0.5, 0.6) is 5.75 Å². The second kappa shape index (κ2) is 11.8. The van der Waals surface area contributed by atoms with Crippen LogP contribution in [0.3, 0.4) is 0 Å². The number of hydrogen-bond donors (Lipinski definition) is 1. The minimum atomic E-state index is -1.34. The number of methoxy groups -OCH3 is 1. The van der Waals surface area contributed by atoms with Crippen LogP contribution < -0.4 is 9.64 Å². The van der Waals surface area contributed by atoms with Crippen molar-refractivity contribution in [1.29, 1.82) is 0 Å². The smallest absolute Gasteiger partial charge is 0.417 e. The number of rotatable bonds is 7. The number of hydrogen-bond acceptors (Lipinski definition) is 9. The molecule has 2 aromatic rings. The molecule has 2 bridgehead atoms. The van der Waals surface area contributed by atoms with Crippen molar-refractivity contribution in [1.82, 2.24) is 19.8 Å². The Morgan fingerprint density at radius 1 is 1.19 bits per heavy atom. The highest BCUT2D eigenvalue weighted by Gasteiger charge is 2.51. The van der Waals surface area contributed by atoms with Gasteiger partial charge in [-0.25, -0.2) is 23.9 Å². The lowest BCUT2D eigenvalue weighted by Crippen LogP contribution is -2.58. The van der Waals surface area contributed by atoms with Gasteiger partial charge in [0, 0.05) is 31.8 Å². The fourth-order valence-electron chi connectivity index (χ4n) is 5.95. The summed E-state index contributed by atoms with van der Waals surface area (Å²) in [6.07, 6.45) is 2.93. The van der Waals surface area contributed by atoms with Gasteiger partial charge < -0.3 is 24.2 Å². The molecule has 2 saturated heterocycles. The molecule has 3 aliphatic rings. The van der Waals surface area contributed by atoms with E-state index in [1.54, 1.807) is 63.3 Å². The van der Waals surface area contributed by atoms with E-state index in [0.717, 1.165) is 4.90 Å². The zero-order valence-corrected chi connectivity index (χ0v) is 24.8. The van der Waals surface area contributed by atoms with E-state index in [1.807, 2.05) is 0 Å². The maximum Gasteiger partial charge on any atom is 0.417 e. The molecule has 0 saturated carbocycles. The van der Waals surface area contributed by atoms with E-state index in [0.29, 0.717) is 53.2 Å². The minimum Gasteiger partial charge on any atom is -0.467 e. The van der Waals surface area contributed by atoms with Crippen molar-refractivity contribution in [3.63, 3.8) is 0 Å². The van der Waals surface area contributed by atoms with Crippen molar-refractivity contribution >= 4 is 29.5 Å². The molecule has 3 amide bonds. The van der Waals surface area contributed by atoms with Crippen LogP contribution in [0.4, 0.5) is 19.8 Å². The molecule has 1 N–H and O–H groups in total. The summed E-state index contributed by atoms with van der Waals surface area (Å²) in [5.74, 6) is 0.433. The molecule has 3 aliphatic heterocycles. The van der Waals surface area contributed by atoms with E-state index in [-0.39, 0.29) is 19.4 Å². The number of halogens is 1. The first-order valence-corrected chi connectivity index (χ1v) is 14.1. The Kier molecular flexibility index (Phi) is 8.28. The number of aromatic nitrogens is 2. The van der Waals surface area contributed by atoms with Crippen molar-refractivity contribution in [2.75, 3.05) is 32.4 Å². The molecule has 5 rings (SSSR count). The highest BCUT2D eigenvalue weighted by molar-refractivity contribution is 6.08. The first kappa shape index (κ1) is 30.2. The van der Waals surface area contributed by atoms with Crippen LogP contribution in [-0.4, -0.2) is 100 Å². The number of carboxylic acid groups (broad SMARTS) is 1. The predicted molar refractivity (Wildman–Crippen MR) is 154 cm³/mol. The van der Waals surface area contributed by atoms with Gasteiger partial charge >= 0.3 is 12.2 Å². The van der Waals surface area contributed by atoms with Gasteiger partial charge in [-0.3, -0.25) is 14.7 Å². The third-order valence-corrected chi connectivity index (χ3v) is 7.98. The van der Waals surface area contributed by atoms with Gasteiger partial charge in [0.25, 0.3) is 5.91 Å². The number of anilines is 1. The first-order valence-electron chi connectivity index (χ1n) is 14.1. The summed E-state index contributed by atoms with van der Waals surface area (Å²) in [4.78, 5) is 49.9. The van der Waals surface area contributed by atoms with Crippen molar-refractivity contribution < 1.29 is 38.1 Å². The molecule has 0 spiro atoms. The lowest BCUT2D eigenvalue weighted by atomic mass is 9.94. The van der Waals surface area contributed by atoms with E-state index in [9.17, 15) is 19.5 Å². The van der Waals surface area contributed by atoms with Crippen molar-refractivity contribution in [2.24, 2.45) is 0 Å². The van der Waals surface area contributed by atoms with Gasteiger partial charge in [-0.2, -0.15) is 0 Å². The van der Waals surface area contributed by atoms with Crippen molar-refractivity contribution in [3.05, 3.63) is 42.2 Å². The molecule has 0 aliphatic carbocycles. The largest absolute Gasteiger partial charge is 0.467 e. The average molecular weight is 598 g/mol. The van der Waals surface area contributed by atoms with E-state index >= 15 is 4.39 Å². The number of carbonyl (C=O) groups excluding carboxylic acids is 2. The van der Waals surface area contributed by atoms with Crippen LogP contribution in [-0.2, 0) is 14.3 Å². The summed E-state index contributed by atoms with van der Waals surface area (Å²) < 4.78 is 31.8. The predicted octanol–water partition coefficient (Wildman–Crippen LogP) is 4.34. The van der Waals surface area contributed by atoms with Gasteiger partial charge in [0.1, 0.15) is 23.3 Å². The number of ether oxygens (including phenoxy) is 3. The number of imide groups is 1. The minimum absolute atomic E-state index is 0.0397. The molecule has 12 nitrogen and oxygen atoms in total. The molecule has 230 valence electrons. The third kappa shape index (κ3) is 6.12. The summed E-state index contributed by atoms with van der Waals surface area (Å²) in [5, 5.41) is 9.52. The quantitative estimate of drug-likeness (QED) is 0.459. The normalized spacial score (nSPS) is 23.3. The van der Waals surface area contributed by atoms with Gasteiger partial charge in [0.2, 0.25) is 0 Å². The second-order valence-electron chi connectivity index (χ2n) is 11.9.